The van der Waals surface area contributed by atoms with Crippen LogP contribution in [0.15, 0.2) is 12.2 Å². The second-order valence-corrected chi connectivity index (χ2v) is 12.8. The van der Waals surface area contributed by atoms with Gasteiger partial charge in [0.15, 0.2) is 12.6 Å². The number of aliphatic hydroxyl groups excluding tert-OH is 6. The molecule has 0 aromatic rings. The molecular weight excluding hydrogens is 608 g/mol. The summed E-state index contributed by atoms with van der Waals surface area (Å²) < 4.78 is 27.4. The van der Waals surface area contributed by atoms with Gasteiger partial charge in [-0.1, -0.05) is 70.8 Å². The Balaban J connectivity index is 1.20. The molecule has 0 saturated carbocycles. The highest BCUT2D eigenvalue weighted by Gasteiger charge is 2.47. The lowest BCUT2D eigenvalue weighted by Crippen LogP contribution is -2.60. The maximum atomic E-state index is 11.6. The molecular formula is C32H54O14. The summed E-state index contributed by atoms with van der Waals surface area (Å²) in [5, 5.41) is 69.5. The van der Waals surface area contributed by atoms with Crippen LogP contribution in [-0.2, 0) is 33.3 Å². The number of carboxylic acid groups (broad SMARTS) is 1. The molecule has 0 aliphatic carbocycles. The number of esters is 1. The summed E-state index contributed by atoms with van der Waals surface area (Å²) in [4.78, 5) is 23.0. The number of rotatable bonds is 21. The van der Waals surface area contributed by atoms with E-state index in [2.05, 4.69) is 6.58 Å². The van der Waals surface area contributed by atoms with Gasteiger partial charge in [0.2, 0.25) is 0 Å². The van der Waals surface area contributed by atoms with Crippen molar-refractivity contribution in [2.24, 2.45) is 5.92 Å². The van der Waals surface area contributed by atoms with E-state index in [1.54, 1.807) is 0 Å². The number of unbranched alkanes of at least 4 members (excludes halogenated alkanes) is 10. The van der Waals surface area contributed by atoms with E-state index in [9.17, 15) is 45.3 Å². The first-order valence-electron chi connectivity index (χ1n) is 16.7. The van der Waals surface area contributed by atoms with Crippen molar-refractivity contribution in [3.63, 3.8) is 0 Å². The molecule has 3 saturated heterocycles. The normalized spacial score (nSPS) is 35.4. The van der Waals surface area contributed by atoms with Crippen LogP contribution in [0.3, 0.4) is 0 Å². The van der Waals surface area contributed by atoms with Crippen molar-refractivity contribution in [1.29, 1.82) is 0 Å². The Bertz CT molecular complexity index is 948. The largest absolute Gasteiger partial charge is 0.481 e. The van der Waals surface area contributed by atoms with E-state index in [-0.39, 0.29) is 18.3 Å². The molecule has 3 fully saturated rings. The molecule has 0 bridgehead atoms. The number of aliphatic carboxylic acids is 1. The average Bonchev–Trinajstić information content (AvgIpc) is 3.47. The molecule has 0 radical (unpaired) electrons. The van der Waals surface area contributed by atoms with Crippen molar-refractivity contribution in [2.45, 2.75) is 158 Å². The van der Waals surface area contributed by atoms with Gasteiger partial charge >= 0.3 is 11.9 Å². The van der Waals surface area contributed by atoms with Gasteiger partial charge < -0.3 is 59.4 Å². The highest BCUT2D eigenvalue weighted by atomic mass is 16.7. The minimum atomic E-state index is -1.55. The molecule has 3 heterocycles. The first-order chi connectivity index (χ1) is 22.0. The number of carbonyl (C=O) groups is 2. The molecule has 0 unspecified atom stereocenters. The second kappa shape index (κ2) is 19.3. The molecule has 3 aliphatic heterocycles. The number of hydrogen-bond donors (Lipinski definition) is 7. The Morgan fingerprint density at radius 2 is 1.28 bits per heavy atom. The smallest absolute Gasteiger partial charge is 0.334 e. The van der Waals surface area contributed by atoms with E-state index in [0.717, 1.165) is 77.0 Å². The van der Waals surface area contributed by atoms with Crippen LogP contribution < -0.4 is 0 Å². The summed E-state index contributed by atoms with van der Waals surface area (Å²) in [7, 11) is 0. The third-order valence-electron chi connectivity index (χ3n) is 9.09. The SMILES string of the molecule is C=C1C(=O)O[C@@H](CCCCCCCCCCCCC[C@@H](C)O[C@@H]2O[C@H](CO[C@H]3O[C@H](CO)[C@@H](O)[C@@H]3O)[C@@H](O)[C@H](O)[C@H]2O)[C@H]1C(=O)O. The van der Waals surface area contributed by atoms with Gasteiger partial charge in [-0.25, -0.2) is 4.79 Å². The molecule has 266 valence electrons. The number of hydrogen-bond acceptors (Lipinski definition) is 13. The van der Waals surface area contributed by atoms with Gasteiger partial charge in [-0.05, 0) is 26.2 Å². The topological polar surface area (TPSA) is 222 Å². The third kappa shape index (κ3) is 10.9. The number of ether oxygens (including phenoxy) is 5. The first-order valence-corrected chi connectivity index (χ1v) is 16.7. The van der Waals surface area contributed by atoms with E-state index in [1.807, 2.05) is 6.92 Å². The fourth-order valence-electron chi connectivity index (χ4n) is 6.19. The van der Waals surface area contributed by atoms with Gasteiger partial charge in [-0.15, -0.1) is 0 Å². The third-order valence-corrected chi connectivity index (χ3v) is 9.09. The zero-order valence-corrected chi connectivity index (χ0v) is 26.7. The lowest BCUT2D eigenvalue weighted by Gasteiger charge is -2.41. The summed E-state index contributed by atoms with van der Waals surface area (Å²) in [6.45, 7) is 4.56. The Labute approximate surface area is 270 Å². The first kappa shape index (κ1) is 38.7. The van der Waals surface area contributed by atoms with E-state index in [4.69, 9.17) is 23.7 Å². The van der Waals surface area contributed by atoms with Crippen LogP contribution in [0.1, 0.15) is 90.4 Å². The zero-order chi connectivity index (χ0) is 33.8. The van der Waals surface area contributed by atoms with Gasteiger partial charge in [0.05, 0.1) is 19.3 Å². The fourth-order valence-corrected chi connectivity index (χ4v) is 6.19. The Morgan fingerprint density at radius 1 is 0.761 bits per heavy atom. The summed E-state index contributed by atoms with van der Waals surface area (Å²) in [6, 6.07) is 0. The van der Waals surface area contributed by atoms with Crippen molar-refractivity contribution in [1.82, 2.24) is 0 Å². The Morgan fingerprint density at radius 3 is 1.85 bits per heavy atom. The van der Waals surface area contributed by atoms with Crippen molar-refractivity contribution in [3.8, 4) is 0 Å². The van der Waals surface area contributed by atoms with Crippen LogP contribution in [0, 0.1) is 5.92 Å². The molecule has 0 amide bonds. The summed E-state index contributed by atoms with van der Waals surface area (Å²) in [6.07, 6.45) is 0.164. The Hall–Kier alpha value is -1.72. The average molecular weight is 663 g/mol. The maximum Gasteiger partial charge on any atom is 0.334 e. The quantitative estimate of drug-likeness (QED) is 0.0516. The van der Waals surface area contributed by atoms with Gasteiger partial charge in [0.1, 0.15) is 54.7 Å². The predicted molar refractivity (Wildman–Crippen MR) is 161 cm³/mol. The molecule has 0 aromatic carbocycles. The minimum absolute atomic E-state index is 0.0357. The van der Waals surface area contributed by atoms with E-state index in [0.29, 0.717) is 6.42 Å². The van der Waals surface area contributed by atoms with Crippen LogP contribution in [0.25, 0.3) is 0 Å². The molecule has 3 aliphatic rings. The number of aliphatic hydroxyl groups is 6. The van der Waals surface area contributed by atoms with Crippen LogP contribution >= 0.6 is 0 Å². The minimum Gasteiger partial charge on any atom is -0.481 e. The highest BCUT2D eigenvalue weighted by molar-refractivity contribution is 5.97. The summed E-state index contributed by atoms with van der Waals surface area (Å²) >= 11 is 0. The lowest BCUT2D eigenvalue weighted by molar-refractivity contribution is -0.318. The van der Waals surface area contributed by atoms with Crippen LogP contribution in [-0.4, -0.2) is 128 Å². The molecule has 12 atom stereocenters. The van der Waals surface area contributed by atoms with Crippen molar-refractivity contribution in [2.75, 3.05) is 13.2 Å². The summed E-state index contributed by atoms with van der Waals surface area (Å²) in [5.74, 6) is -2.59. The molecule has 14 heteroatoms. The van der Waals surface area contributed by atoms with E-state index >= 15 is 0 Å². The maximum absolute atomic E-state index is 11.6. The van der Waals surface area contributed by atoms with E-state index < -0.39 is 85.9 Å². The number of carbonyl (C=O) groups excluding carboxylic acids is 1. The summed E-state index contributed by atoms with van der Waals surface area (Å²) in [5.41, 5.74) is 0.0357. The van der Waals surface area contributed by atoms with Crippen molar-refractivity contribution < 1.29 is 69.0 Å². The molecule has 7 N–H and O–H groups in total. The number of cyclic esters (lactones) is 1. The second-order valence-electron chi connectivity index (χ2n) is 12.8. The van der Waals surface area contributed by atoms with Gasteiger partial charge in [0.25, 0.3) is 0 Å². The molecule has 0 spiro atoms. The molecule has 3 rings (SSSR count). The Kier molecular flexibility index (Phi) is 16.3. The molecule has 14 nitrogen and oxygen atoms in total. The fraction of sp³-hybridized carbons (Fsp3) is 0.875. The van der Waals surface area contributed by atoms with Crippen LogP contribution in [0.4, 0.5) is 0 Å². The van der Waals surface area contributed by atoms with Gasteiger partial charge in [0, 0.05) is 5.57 Å². The van der Waals surface area contributed by atoms with E-state index in [1.165, 1.54) is 0 Å². The molecule has 46 heavy (non-hydrogen) atoms. The van der Waals surface area contributed by atoms with Crippen molar-refractivity contribution in [3.05, 3.63) is 12.2 Å². The zero-order valence-electron chi connectivity index (χ0n) is 26.7. The van der Waals surface area contributed by atoms with Gasteiger partial charge in [-0.3, -0.25) is 4.79 Å². The molecule has 0 aromatic heterocycles. The predicted octanol–water partition coefficient (Wildman–Crippen LogP) is 0.908. The lowest BCUT2D eigenvalue weighted by atomic mass is 9.93. The number of carboxylic acids is 1. The van der Waals surface area contributed by atoms with Crippen LogP contribution in [0.5, 0.6) is 0 Å². The van der Waals surface area contributed by atoms with Crippen molar-refractivity contribution >= 4 is 11.9 Å². The van der Waals surface area contributed by atoms with Crippen LogP contribution in [0.2, 0.25) is 0 Å². The monoisotopic (exact) mass is 662 g/mol. The highest BCUT2D eigenvalue weighted by Crippen LogP contribution is 2.31. The standard InChI is InChI=1S/C32H54O14/c1-18(43-32-28(38)26(36)25(35)22(46-32)17-42-31-27(37)24(34)21(16-33)45-31)14-12-10-8-6-4-3-5-7-9-11-13-15-20-23(29(39)40)19(2)30(41)44-20/h18,20-28,31-38H,2-17H2,1H3,(H,39,40)/t18-,20+,21-,22-,23+,24-,25-,26+,27+,28-,31+,32-/m1/s1. The van der Waals surface area contributed by atoms with Gasteiger partial charge in [-0.2, -0.15) is 0 Å².